The van der Waals surface area contributed by atoms with Crippen LogP contribution in [0.4, 0.5) is 0 Å². The molecule has 0 saturated carbocycles. The molecule has 15 heavy (non-hydrogen) atoms. The molecule has 0 aromatic carbocycles. The van der Waals surface area contributed by atoms with Crippen molar-refractivity contribution in [3.63, 3.8) is 0 Å². The minimum atomic E-state index is -0.00928. The average molecular weight is 214 g/mol. The van der Waals surface area contributed by atoms with Crippen LogP contribution in [0.2, 0.25) is 0 Å². The van der Waals surface area contributed by atoms with Gasteiger partial charge in [-0.3, -0.25) is 9.59 Å². The van der Waals surface area contributed by atoms with E-state index in [-0.39, 0.29) is 11.8 Å². The van der Waals surface area contributed by atoms with Crippen molar-refractivity contribution in [2.24, 2.45) is 5.92 Å². The number of amides is 2. The van der Waals surface area contributed by atoms with Crippen LogP contribution in [0.15, 0.2) is 0 Å². The van der Waals surface area contributed by atoms with E-state index in [0.29, 0.717) is 25.2 Å². The van der Waals surface area contributed by atoms with Crippen LogP contribution in [-0.4, -0.2) is 25.4 Å². The number of carbonyl (C=O) groups is 2. The molecule has 0 aromatic rings. The van der Waals surface area contributed by atoms with Crippen molar-refractivity contribution in [1.82, 2.24) is 10.6 Å². The van der Waals surface area contributed by atoms with Gasteiger partial charge in [0.2, 0.25) is 11.8 Å². The summed E-state index contributed by atoms with van der Waals surface area (Å²) >= 11 is 0. The quantitative estimate of drug-likeness (QED) is 0.666. The number of carbonyl (C=O) groups excluding carboxylic acids is 2. The highest BCUT2D eigenvalue weighted by molar-refractivity contribution is 5.78. The number of rotatable bonds is 7. The topological polar surface area (TPSA) is 58.2 Å². The van der Waals surface area contributed by atoms with Gasteiger partial charge in [0.1, 0.15) is 0 Å². The van der Waals surface area contributed by atoms with Crippen molar-refractivity contribution >= 4 is 11.8 Å². The second kappa shape index (κ2) is 8.26. The zero-order chi connectivity index (χ0) is 11.7. The minimum absolute atomic E-state index is 0.00928. The van der Waals surface area contributed by atoms with Crippen molar-refractivity contribution in [2.75, 3.05) is 13.6 Å². The molecule has 0 spiro atoms. The van der Waals surface area contributed by atoms with Crippen LogP contribution in [0, 0.1) is 5.92 Å². The minimum Gasteiger partial charge on any atom is -0.359 e. The molecule has 0 bridgehead atoms. The smallest absolute Gasteiger partial charge is 0.220 e. The molecular formula is C11H22N2O2. The SMILES string of the molecule is CNC(=O)CCCC(=O)NCCC(C)C. The molecule has 4 heteroatoms. The maximum Gasteiger partial charge on any atom is 0.220 e. The Kier molecular flexibility index (Phi) is 7.68. The maximum absolute atomic E-state index is 11.3. The Hall–Kier alpha value is -1.06. The van der Waals surface area contributed by atoms with E-state index in [1.54, 1.807) is 7.05 Å². The van der Waals surface area contributed by atoms with E-state index in [1.165, 1.54) is 0 Å². The summed E-state index contributed by atoms with van der Waals surface area (Å²) in [4.78, 5) is 22.1. The lowest BCUT2D eigenvalue weighted by molar-refractivity contribution is -0.122. The molecule has 0 heterocycles. The molecule has 2 N–H and O–H groups in total. The van der Waals surface area contributed by atoms with E-state index in [0.717, 1.165) is 13.0 Å². The summed E-state index contributed by atoms with van der Waals surface area (Å²) < 4.78 is 0. The molecular weight excluding hydrogens is 192 g/mol. The van der Waals surface area contributed by atoms with E-state index in [2.05, 4.69) is 24.5 Å². The van der Waals surface area contributed by atoms with E-state index in [4.69, 9.17) is 0 Å². The summed E-state index contributed by atoms with van der Waals surface area (Å²) in [5.74, 6) is 0.640. The highest BCUT2D eigenvalue weighted by Crippen LogP contribution is 1.98. The summed E-state index contributed by atoms with van der Waals surface area (Å²) in [7, 11) is 1.60. The van der Waals surface area contributed by atoms with Crippen molar-refractivity contribution in [2.45, 2.75) is 39.5 Å². The molecule has 0 aliphatic rings. The lowest BCUT2D eigenvalue weighted by atomic mass is 10.1. The van der Waals surface area contributed by atoms with Crippen LogP contribution >= 0.6 is 0 Å². The van der Waals surface area contributed by atoms with Crippen LogP contribution in [0.1, 0.15) is 39.5 Å². The van der Waals surface area contributed by atoms with Crippen LogP contribution in [-0.2, 0) is 9.59 Å². The molecule has 4 nitrogen and oxygen atoms in total. The predicted octanol–water partition coefficient (Wildman–Crippen LogP) is 1.06. The predicted molar refractivity (Wildman–Crippen MR) is 60.4 cm³/mol. The molecule has 0 rings (SSSR count). The van der Waals surface area contributed by atoms with Crippen molar-refractivity contribution in [3.8, 4) is 0 Å². The second-order valence-corrected chi connectivity index (χ2v) is 4.06. The second-order valence-electron chi connectivity index (χ2n) is 4.06. The van der Waals surface area contributed by atoms with Gasteiger partial charge in [-0.2, -0.15) is 0 Å². The van der Waals surface area contributed by atoms with E-state index in [9.17, 15) is 9.59 Å². The van der Waals surface area contributed by atoms with Gasteiger partial charge in [0.25, 0.3) is 0 Å². The summed E-state index contributed by atoms with van der Waals surface area (Å²) in [6.07, 6.45) is 2.48. The summed E-state index contributed by atoms with van der Waals surface area (Å²) in [6.45, 7) is 4.98. The monoisotopic (exact) mass is 214 g/mol. The van der Waals surface area contributed by atoms with Gasteiger partial charge in [0.15, 0.2) is 0 Å². The Balaban J connectivity index is 3.37. The highest BCUT2D eigenvalue weighted by atomic mass is 16.2. The Morgan fingerprint density at radius 2 is 1.73 bits per heavy atom. The van der Waals surface area contributed by atoms with E-state index in [1.807, 2.05) is 0 Å². The molecule has 0 aliphatic carbocycles. The largest absolute Gasteiger partial charge is 0.359 e. The summed E-state index contributed by atoms with van der Waals surface area (Å²) in [5.41, 5.74) is 0. The lowest BCUT2D eigenvalue weighted by Gasteiger charge is -2.06. The lowest BCUT2D eigenvalue weighted by Crippen LogP contribution is -2.25. The molecule has 0 saturated heterocycles. The molecule has 0 radical (unpaired) electrons. The van der Waals surface area contributed by atoms with Crippen molar-refractivity contribution in [1.29, 1.82) is 0 Å². The Morgan fingerprint density at radius 3 is 2.27 bits per heavy atom. The first-order chi connectivity index (χ1) is 7.06. The fourth-order valence-corrected chi connectivity index (χ4v) is 1.12. The molecule has 0 fully saturated rings. The highest BCUT2D eigenvalue weighted by Gasteiger charge is 2.03. The van der Waals surface area contributed by atoms with Crippen LogP contribution < -0.4 is 10.6 Å². The summed E-state index contributed by atoms with van der Waals surface area (Å²) in [6, 6.07) is 0. The van der Waals surface area contributed by atoms with Gasteiger partial charge < -0.3 is 10.6 Å². The first-order valence-corrected chi connectivity index (χ1v) is 5.53. The zero-order valence-electron chi connectivity index (χ0n) is 9.93. The first kappa shape index (κ1) is 13.9. The van der Waals surface area contributed by atoms with Crippen molar-refractivity contribution < 1.29 is 9.59 Å². The fraction of sp³-hybridized carbons (Fsp3) is 0.818. The third-order valence-electron chi connectivity index (χ3n) is 2.13. The standard InChI is InChI=1S/C11H22N2O2/c1-9(2)7-8-13-11(15)6-4-5-10(14)12-3/h9H,4-8H2,1-3H3,(H,12,14)(H,13,15). The van der Waals surface area contributed by atoms with E-state index < -0.39 is 0 Å². The van der Waals surface area contributed by atoms with Crippen LogP contribution in [0.3, 0.4) is 0 Å². The number of hydrogen-bond acceptors (Lipinski definition) is 2. The number of nitrogens with one attached hydrogen (secondary N) is 2. The normalized spacial score (nSPS) is 10.1. The molecule has 0 atom stereocenters. The third kappa shape index (κ3) is 9.25. The Bertz CT molecular complexity index is 203. The van der Waals surface area contributed by atoms with Gasteiger partial charge >= 0.3 is 0 Å². The first-order valence-electron chi connectivity index (χ1n) is 5.53. The van der Waals surface area contributed by atoms with E-state index >= 15 is 0 Å². The van der Waals surface area contributed by atoms with Crippen LogP contribution in [0.5, 0.6) is 0 Å². The molecule has 0 aliphatic heterocycles. The molecule has 0 aromatic heterocycles. The fourth-order valence-electron chi connectivity index (χ4n) is 1.12. The van der Waals surface area contributed by atoms with Crippen LogP contribution in [0.25, 0.3) is 0 Å². The van der Waals surface area contributed by atoms with Gasteiger partial charge in [-0.25, -0.2) is 0 Å². The Labute approximate surface area is 91.8 Å². The number of hydrogen-bond donors (Lipinski definition) is 2. The third-order valence-corrected chi connectivity index (χ3v) is 2.13. The average Bonchev–Trinajstić information content (AvgIpc) is 2.17. The van der Waals surface area contributed by atoms with Gasteiger partial charge in [-0.05, 0) is 18.8 Å². The van der Waals surface area contributed by atoms with Gasteiger partial charge in [-0.15, -0.1) is 0 Å². The molecule has 88 valence electrons. The van der Waals surface area contributed by atoms with Gasteiger partial charge in [0.05, 0.1) is 0 Å². The van der Waals surface area contributed by atoms with Gasteiger partial charge in [0, 0.05) is 26.4 Å². The van der Waals surface area contributed by atoms with Gasteiger partial charge in [-0.1, -0.05) is 13.8 Å². The molecule has 0 unspecified atom stereocenters. The zero-order valence-corrected chi connectivity index (χ0v) is 9.93. The Morgan fingerprint density at radius 1 is 1.13 bits per heavy atom. The maximum atomic E-state index is 11.3. The van der Waals surface area contributed by atoms with Crippen molar-refractivity contribution in [3.05, 3.63) is 0 Å². The summed E-state index contributed by atoms with van der Waals surface area (Å²) in [5, 5.41) is 5.36. The molecule has 2 amide bonds.